The summed E-state index contributed by atoms with van der Waals surface area (Å²) in [6.45, 7) is 3.09. The van der Waals surface area contributed by atoms with E-state index < -0.39 is 0 Å². The van der Waals surface area contributed by atoms with Crippen molar-refractivity contribution < 1.29 is 14.3 Å². The molecule has 0 N–H and O–H groups in total. The highest BCUT2D eigenvalue weighted by Crippen LogP contribution is 2.34. The predicted octanol–water partition coefficient (Wildman–Crippen LogP) is 6.26. The van der Waals surface area contributed by atoms with E-state index >= 15 is 0 Å². The molecule has 1 saturated heterocycles. The Morgan fingerprint density at radius 3 is 2.53 bits per heavy atom. The largest absolute Gasteiger partial charge is 0.494 e. The zero-order valence-electron chi connectivity index (χ0n) is 16.8. The van der Waals surface area contributed by atoms with Crippen LogP contribution < -0.4 is 4.74 Å². The van der Waals surface area contributed by atoms with Gasteiger partial charge in [0, 0.05) is 0 Å². The minimum absolute atomic E-state index is 0.237. The van der Waals surface area contributed by atoms with Gasteiger partial charge >= 0.3 is 0 Å². The maximum Gasteiger partial charge on any atom is 0.293 e. The molecule has 2 amide bonds. The van der Waals surface area contributed by atoms with E-state index in [1.54, 1.807) is 6.08 Å². The van der Waals surface area contributed by atoms with E-state index in [0.717, 1.165) is 52.3 Å². The van der Waals surface area contributed by atoms with Crippen molar-refractivity contribution >= 4 is 39.8 Å². The SMILES string of the molecule is CCCCOc1ccc(/C=C2\SC(=O)N(Cc3cccc4ccccc34)C2=O)cc1. The van der Waals surface area contributed by atoms with Crippen molar-refractivity contribution in [2.75, 3.05) is 6.61 Å². The first kappa shape index (κ1) is 20.2. The average Bonchev–Trinajstić information content (AvgIpc) is 3.03. The molecule has 1 heterocycles. The van der Waals surface area contributed by atoms with E-state index in [9.17, 15) is 9.59 Å². The van der Waals surface area contributed by atoms with Crippen LogP contribution in [0.15, 0.2) is 71.6 Å². The molecule has 4 nitrogen and oxygen atoms in total. The normalized spacial score (nSPS) is 15.4. The van der Waals surface area contributed by atoms with E-state index in [1.165, 1.54) is 4.90 Å². The van der Waals surface area contributed by atoms with Crippen LogP contribution >= 0.6 is 11.8 Å². The van der Waals surface area contributed by atoms with E-state index in [2.05, 4.69) is 6.92 Å². The minimum Gasteiger partial charge on any atom is -0.494 e. The van der Waals surface area contributed by atoms with Crippen molar-refractivity contribution in [3.05, 3.63) is 82.8 Å². The third kappa shape index (κ3) is 4.41. The molecule has 0 bridgehead atoms. The number of hydrogen-bond acceptors (Lipinski definition) is 4. The lowest BCUT2D eigenvalue weighted by Crippen LogP contribution is -2.27. The fourth-order valence-corrected chi connectivity index (χ4v) is 4.22. The zero-order valence-corrected chi connectivity index (χ0v) is 17.7. The molecule has 5 heteroatoms. The summed E-state index contributed by atoms with van der Waals surface area (Å²) in [7, 11) is 0. The highest BCUT2D eigenvalue weighted by Gasteiger charge is 2.35. The molecule has 152 valence electrons. The third-order valence-corrected chi connectivity index (χ3v) is 5.93. The first-order valence-corrected chi connectivity index (χ1v) is 10.9. The van der Waals surface area contributed by atoms with Gasteiger partial charge in [-0.2, -0.15) is 0 Å². The van der Waals surface area contributed by atoms with Crippen LogP contribution in [0, 0.1) is 0 Å². The molecule has 0 aliphatic carbocycles. The Morgan fingerprint density at radius 1 is 0.967 bits per heavy atom. The van der Waals surface area contributed by atoms with Gasteiger partial charge in [-0.1, -0.05) is 67.9 Å². The van der Waals surface area contributed by atoms with Gasteiger partial charge in [-0.05, 0) is 58.3 Å². The second-order valence-electron chi connectivity index (χ2n) is 7.18. The first-order valence-electron chi connectivity index (χ1n) is 10.1. The molecule has 3 aromatic rings. The molecule has 30 heavy (non-hydrogen) atoms. The zero-order chi connectivity index (χ0) is 20.9. The minimum atomic E-state index is -0.249. The van der Waals surface area contributed by atoms with Crippen LogP contribution in [0.5, 0.6) is 5.75 Å². The van der Waals surface area contributed by atoms with Gasteiger partial charge in [-0.3, -0.25) is 14.5 Å². The topological polar surface area (TPSA) is 46.6 Å². The molecule has 0 aromatic heterocycles. The van der Waals surface area contributed by atoms with Crippen LogP contribution in [-0.4, -0.2) is 22.7 Å². The third-order valence-electron chi connectivity index (χ3n) is 5.03. The van der Waals surface area contributed by atoms with Gasteiger partial charge in [0.2, 0.25) is 0 Å². The fraction of sp³-hybridized carbons (Fsp3) is 0.200. The van der Waals surface area contributed by atoms with Crippen LogP contribution in [0.1, 0.15) is 30.9 Å². The highest BCUT2D eigenvalue weighted by molar-refractivity contribution is 8.18. The van der Waals surface area contributed by atoms with Crippen LogP contribution in [0.2, 0.25) is 0 Å². The quantitative estimate of drug-likeness (QED) is 0.336. The second-order valence-corrected chi connectivity index (χ2v) is 8.17. The molecule has 1 aliphatic heterocycles. The maximum absolute atomic E-state index is 12.9. The van der Waals surface area contributed by atoms with E-state index in [1.807, 2.05) is 66.7 Å². The Bertz CT molecular complexity index is 1100. The van der Waals surface area contributed by atoms with E-state index in [0.29, 0.717) is 11.5 Å². The maximum atomic E-state index is 12.9. The number of nitrogens with zero attached hydrogens (tertiary/aromatic N) is 1. The lowest BCUT2D eigenvalue weighted by molar-refractivity contribution is -0.123. The van der Waals surface area contributed by atoms with Gasteiger partial charge in [-0.15, -0.1) is 0 Å². The number of carbonyl (C=O) groups excluding carboxylic acids is 2. The van der Waals surface area contributed by atoms with Gasteiger partial charge in [0.25, 0.3) is 11.1 Å². The number of imide groups is 1. The molecular formula is C25H23NO3S. The Kier molecular flexibility index (Phi) is 6.19. The van der Waals surface area contributed by atoms with Crippen molar-refractivity contribution in [3.63, 3.8) is 0 Å². The van der Waals surface area contributed by atoms with E-state index in [-0.39, 0.29) is 17.7 Å². The number of rotatable bonds is 7. The fourth-order valence-electron chi connectivity index (χ4n) is 3.38. The monoisotopic (exact) mass is 417 g/mol. The molecule has 0 unspecified atom stereocenters. The molecule has 0 saturated carbocycles. The number of carbonyl (C=O) groups is 2. The smallest absolute Gasteiger partial charge is 0.293 e. The van der Waals surface area contributed by atoms with Crippen LogP contribution in [0.3, 0.4) is 0 Å². The number of amides is 2. The molecule has 0 atom stereocenters. The lowest BCUT2D eigenvalue weighted by atomic mass is 10.0. The number of thioether (sulfide) groups is 1. The van der Waals surface area contributed by atoms with Gasteiger partial charge in [0.15, 0.2) is 0 Å². The summed E-state index contributed by atoms with van der Waals surface area (Å²) in [4.78, 5) is 27.2. The van der Waals surface area contributed by atoms with E-state index in [4.69, 9.17) is 4.74 Å². The molecule has 0 radical (unpaired) electrons. The summed E-state index contributed by atoms with van der Waals surface area (Å²) in [5, 5.41) is 1.92. The Hall–Kier alpha value is -3.05. The Balaban J connectivity index is 1.49. The number of ether oxygens (including phenoxy) is 1. The van der Waals surface area contributed by atoms with Crippen LogP contribution in [-0.2, 0) is 11.3 Å². The lowest BCUT2D eigenvalue weighted by Gasteiger charge is -2.14. The summed E-state index contributed by atoms with van der Waals surface area (Å²) < 4.78 is 5.67. The van der Waals surface area contributed by atoms with Crippen LogP contribution in [0.4, 0.5) is 4.79 Å². The molecule has 3 aromatic carbocycles. The number of unbranched alkanes of at least 4 members (excludes halogenated alkanes) is 1. The Morgan fingerprint density at radius 2 is 1.73 bits per heavy atom. The summed E-state index contributed by atoms with van der Waals surface area (Å²) in [5.74, 6) is 0.561. The Labute approximate surface area is 180 Å². The second kappa shape index (κ2) is 9.18. The number of benzene rings is 3. The van der Waals surface area contributed by atoms with Gasteiger partial charge in [-0.25, -0.2) is 0 Å². The molecular weight excluding hydrogens is 394 g/mol. The van der Waals surface area contributed by atoms with Gasteiger partial charge in [0.1, 0.15) is 5.75 Å². The first-order chi connectivity index (χ1) is 14.7. The average molecular weight is 418 g/mol. The molecule has 4 rings (SSSR count). The number of fused-ring (bicyclic) bond motifs is 1. The van der Waals surface area contributed by atoms with Crippen molar-refractivity contribution in [3.8, 4) is 5.75 Å². The molecule has 0 spiro atoms. The molecule has 1 fully saturated rings. The van der Waals surface area contributed by atoms with Gasteiger partial charge in [0.05, 0.1) is 18.1 Å². The van der Waals surface area contributed by atoms with Crippen molar-refractivity contribution in [1.82, 2.24) is 4.90 Å². The van der Waals surface area contributed by atoms with Crippen LogP contribution in [0.25, 0.3) is 16.8 Å². The standard InChI is InChI=1S/C25H23NO3S/c1-2-3-15-29-21-13-11-18(12-14-21)16-23-24(27)26(25(28)30-23)17-20-9-6-8-19-7-4-5-10-22(19)20/h4-14,16H,2-3,15,17H2,1H3/b23-16-. The van der Waals surface area contributed by atoms with Crippen molar-refractivity contribution in [2.45, 2.75) is 26.3 Å². The van der Waals surface area contributed by atoms with Crippen molar-refractivity contribution in [1.29, 1.82) is 0 Å². The summed E-state index contributed by atoms with van der Waals surface area (Å²) in [6, 6.07) is 21.5. The predicted molar refractivity (Wildman–Crippen MR) is 122 cm³/mol. The highest BCUT2D eigenvalue weighted by atomic mass is 32.2. The molecule has 1 aliphatic rings. The summed E-state index contributed by atoms with van der Waals surface area (Å²) in [5.41, 5.74) is 1.83. The number of hydrogen-bond donors (Lipinski definition) is 0. The summed E-state index contributed by atoms with van der Waals surface area (Å²) >= 11 is 0.990. The van der Waals surface area contributed by atoms with Crippen molar-refractivity contribution in [2.24, 2.45) is 0 Å². The van der Waals surface area contributed by atoms with Gasteiger partial charge < -0.3 is 4.74 Å². The summed E-state index contributed by atoms with van der Waals surface area (Å²) in [6.07, 6.45) is 3.88.